The summed E-state index contributed by atoms with van der Waals surface area (Å²) in [4.78, 5) is 25.6. The van der Waals surface area contributed by atoms with Gasteiger partial charge in [0.25, 0.3) is 5.91 Å². The van der Waals surface area contributed by atoms with E-state index in [4.69, 9.17) is 23.7 Å². The Bertz CT molecular complexity index is 1280. The molecule has 1 N–H and O–H groups in total. The Hall–Kier alpha value is -4.14. The molecule has 0 spiro atoms. The van der Waals surface area contributed by atoms with Crippen molar-refractivity contribution in [2.45, 2.75) is 26.3 Å². The molecule has 1 aliphatic rings. The highest BCUT2D eigenvalue weighted by atomic mass is 16.6. The fourth-order valence-corrected chi connectivity index (χ4v) is 4.37. The number of methoxy groups -OCH3 is 3. The topological polar surface area (TPSA) is 97.3 Å². The van der Waals surface area contributed by atoms with Crippen molar-refractivity contribution in [3.8, 4) is 28.7 Å². The standard InChI is InChI=1S/C27H30N2O7/c1-16-12-20(17(2)29(16)19-7-9-23-25(14-19)36-11-10-35-23)27(31)28-21(15-26(30)34-5)18-6-8-22(32-3)24(13-18)33-4/h6-9,12-14,21H,10-11,15H2,1-5H3,(H,28,31). The molecule has 1 amide bonds. The van der Waals surface area contributed by atoms with E-state index >= 15 is 0 Å². The van der Waals surface area contributed by atoms with Gasteiger partial charge in [-0.3, -0.25) is 9.59 Å². The molecule has 0 radical (unpaired) electrons. The molecular weight excluding hydrogens is 464 g/mol. The lowest BCUT2D eigenvalue weighted by Gasteiger charge is -2.20. The number of amides is 1. The Kier molecular flexibility index (Phi) is 7.38. The number of esters is 1. The van der Waals surface area contributed by atoms with E-state index in [9.17, 15) is 9.59 Å². The molecule has 2 heterocycles. The fraction of sp³-hybridized carbons (Fsp3) is 0.333. The number of carbonyl (C=O) groups excluding carboxylic acids is 2. The lowest BCUT2D eigenvalue weighted by Crippen LogP contribution is -2.30. The van der Waals surface area contributed by atoms with E-state index in [1.165, 1.54) is 14.2 Å². The molecule has 0 saturated heterocycles. The Morgan fingerprint density at radius 3 is 2.36 bits per heavy atom. The van der Waals surface area contributed by atoms with Gasteiger partial charge < -0.3 is 33.6 Å². The minimum atomic E-state index is -0.637. The van der Waals surface area contributed by atoms with Gasteiger partial charge in [-0.25, -0.2) is 0 Å². The van der Waals surface area contributed by atoms with E-state index in [2.05, 4.69) is 5.32 Å². The van der Waals surface area contributed by atoms with Crippen LogP contribution in [0.5, 0.6) is 23.0 Å². The Morgan fingerprint density at radius 2 is 1.67 bits per heavy atom. The van der Waals surface area contributed by atoms with Crippen LogP contribution in [0.15, 0.2) is 42.5 Å². The molecule has 1 unspecified atom stereocenters. The average Bonchev–Trinajstić information content (AvgIpc) is 3.20. The average molecular weight is 495 g/mol. The van der Waals surface area contributed by atoms with Gasteiger partial charge in [-0.05, 0) is 49.7 Å². The van der Waals surface area contributed by atoms with Crippen LogP contribution in [0.1, 0.15) is 39.8 Å². The van der Waals surface area contributed by atoms with Crippen LogP contribution in [0.4, 0.5) is 0 Å². The van der Waals surface area contributed by atoms with Crippen molar-refractivity contribution in [2.24, 2.45) is 0 Å². The molecule has 0 bridgehead atoms. The molecule has 9 heteroatoms. The summed E-state index contributed by atoms with van der Waals surface area (Å²) >= 11 is 0. The SMILES string of the molecule is COC(=O)CC(NC(=O)c1cc(C)n(-c2ccc3c(c2)OCCO3)c1C)c1ccc(OC)c(OC)c1. The van der Waals surface area contributed by atoms with E-state index in [-0.39, 0.29) is 12.3 Å². The quantitative estimate of drug-likeness (QED) is 0.474. The van der Waals surface area contributed by atoms with Gasteiger partial charge in [-0.1, -0.05) is 6.07 Å². The summed E-state index contributed by atoms with van der Waals surface area (Å²) in [5.41, 5.74) is 3.68. The van der Waals surface area contributed by atoms with Gasteiger partial charge in [0.2, 0.25) is 0 Å². The first-order chi connectivity index (χ1) is 17.4. The van der Waals surface area contributed by atoms with Crippen LogP contribution in [0, 0.1) is 13.8 Å². The largest absolute Gasteiger partial charge is 0.493 e. The number of nitrogens with one attached hydrogen (secondary N) is 1. The van der Waals surface area contributed by atoms with Crippen LogP contribution in [0.2, 0.25) is 0 Å². The van der Waals surface area contributed by atoms with Crippen molar-refractivity contribution >= 4 is 11.9 Å². The van der Waals surface area contributed by atoms with E-state index in [0.717, 1.165) is 17.1 Å². The number of hydrogen-bond donors (Lipinski definition) is 1. The molecule has 1 aliphatic heterocycles. The minimum absolute atomic E-state index is 0.0430. The summed E-state index contributed by atoms with van der Waals surface area (Å²) in [6.07, 6.45) is -0.0430. The van der Waals surface area contributed by atoms with Crippen molar-refractivity contribution in [3.05, 3.63) is 65.0 Å². The monoisotopic (exact) mass is 494 g/mol. The Morgan fingerprint density at radius 1 is 0.944 bits per heavy atom. The molecule has 2 aromatic carbocycles. The molecule has 4 rings (SSSR count). The minimum Gasteiger partial charge on any atom is -0.493 e. The third kappa shape index (κ3) is 4.95. The van der Waals surface area contributed by atoms with Crippen molar-refractivity contribution in [1.29, 1.82) is 0 Å². The first-order valence-corrected chi connectivity index (χ1v) is 11.5. The molecule has 1 aromatic heterocycles. The number of hydrogen-bond acceptors (Lipinski definition) is 7. The predicted molar refractivity (Wildman–Crippen MR) is 133 cm³/mol. The summed E-state index contributed by atoms with van der Waals surface area (Å²) in [7, 11) is 4.39. The lowest BCUT2D eigenvalue weighted by atomic mass is 10.0. The molecule has 0 fully saturated rings. The predicted octanol–water partition coefficient (Wildman–Crippen LogP) is 3.92. The van der Waals surface area contributed by atoms with Crippen LogP contribution < -0.4 is 24.3 Å². The maximum Gasteiger partial charge on any atom is 0.307 e. The molecule has 1 atom stereocenters. The van der Waals surface area contributed by atoms with Crippen LogP contribution >= 0.6 is 0 Å². The summed E-state index contributed by atoms with van der Waals surface area (Å²) in [5.74, 6) is 1.66. The normalized spacial score (nSPS) is 13.0. The third-order valence-electron chi connectivity index (χ3n) is 6.17. The summed E-state index contributed by atoms with van der Waals surface area (Å²) in [6.45, 7) is 4.82. The zero-order valence-corrected chi connectivity index (χ0v) is 21.0. The maximum absolute atomic E-state index is 13.4. The number of rotatable bonds is 8. The number of aryl methyl sites for hydroxylation is 1. The molecule has 3 aromatic rings. The van der Waals surface area contributed by atoms with E-state index in [0.29, 0.717) is 47.3 Å². The molecule has 9 nitrogen and oxygen atoms in total. The Labute approximate surface area is 209 Å². The van der Waals surface area contributed by atoms with Gasteiger partial charge in [0.1, 0.15) is 13.2 Å². The summed E-state index contributed by atoms with van der Waals surface area (Å²) in [5, 5.41) is 2.99. The number of fused-ring (bicyclic) bond motifs is 1. The third-order valence-corrected chi connectivity index (χ3v) is 6.17. The van der Waals surface area contributed by atoms with Gasteiger partial charge in [0, 0.05) is 23.1 Å². The molecule has 190 valence electrons. The molecule has 0 aliphatic carbocycles. The van der Waals surface area contributed by atoms with Crippen LogP contribution in [-0.2, 0) is 9.53 Å². The summed E-state index contributed by atoms with van der Waals surface area (Å²) in [6, 6.07) is 12.1. The van der Waals surface area contributed by atoms with Crippen molar-refractivity contribution in [3.63, 3.8) is 0 Å². The van der Waals surface area contributed by atoms with Gasteiger partial charge >= 0.3 is 5.97 Å². The van der Waals surface area contributed by atoms with Crippen molar-refractivity contribution in [2.75, 3.05) is 34.5 Å². The van der Waals surface area contributed by atoms with Gasteiger partial charge in [-0.15, -0.1) is 0 Å². The molecular formula is C27H30N2O7. The number of ether oxygens (including phenoxy) is 5. The van der Waals surface area contributed by atoms with Crippen molar-refractivity contribution in [1.82, 2.24) is 9.88 Å². The highest BCUT2D eigenvalue weighted by Crippen LogP contribution is 2.34. The van der Waals surface area contributed by atoms with Gasteiger partial charge in [0.15, 0.2) is 23.0 Å². The zero-order valence-electron chi connectivity index (χ0n) is 21.0. The van der Waals surface area contributed by atoms with Crippen LogP contribution in [0.3, 0.4) is 0 Å². The fourth-order valence-electron chi connectivity index (χ4n) is 4.37. The van der Waals surface area contributed by atoms with Crippen LogP contribution in [0.25, 0.3) is 5.69 Å². The van der Waals surface area contributed by atoms with Crippen molar-refractivity contribution < 1.29 is 33.3 Å². The lowest BCUT2D eigenvalue weighted by molar-refractivity contribution is -0.141. The zero-order chi connectivity index (χ0) is 25.8. The van der Waals surface area contributed by atoms with E-state index in [1.54, 1.807) is 25.3 Å². The van der Waals surface area contributed by atoms with E-state index < -0.39 is 12.0 Å². The number of nitrogens with zero attached hydrogens (tertiary/aromatic N) is 1. The molecule has 0 saturated carbocycles. The van der Waals surface area contributed by atoms with Gasteiger partial charge in [-0.2, -0.15) is 0 Å². The number of aromatic nitrogens is 1. The first kappa shape index (κ1) is 25.0. The number of benzene rings is 2. The van der Waals surface area contributed by atoms with Crippen LogP contribution in [-0.4, -0.2) is 51.0 Å². The second kappa shape index (κ2) is 10.6. The second-order valence-electron chi connectivity index (χ2n) is 8.37. The highest BCUT2D eigenvalue weighted by Gasteiger charge is 2.24. The molecule has 36 heavy (non-hydrogen) atoms. The van der Waals surface area contributed by atoms with Gasteiger partial charge in [0.05, 0.1) is 39.4 Å². The Balaban J connectivity index is 1.64. The maximum atomic E-state index is 13.4. The second-order valence-corrected chi connectivity index (χ2v) is 8.37. The summed E-state index contributed by atoms with van der Waals surface area (Å²) < 4.78 is 28.9. The first-order valence-electron chi connectivity index (χ1n) is 11.5. The smallest absolute Gasteiger partial charge is 0.307 e. The highest BCUT2D eigenvalue weighted by molar-refractivity contribution is 5.96. The van der Waals surface area contributed by atoms with E-state index in [1.807, 2.05) is 42.7 Å². The number of carbonyl (C=O) groups is 2.